The fourth-order valence-corrected chi connectivity index (χ4v) is 3.30. The number of carbonyl (C=O) groups is 1. The van der Waals surface area contributed by atoms with Crippen LogP contribution in [0.1, 0.15) is 47.7 Å². The van der Waals surface area contributed by atoms with Gasteiger partial charge in [-0.2, -0.15) is 0 Å². The van der Waals surface area contributed by atoms with Gasteiger partial charge in [-0.3, -0.25) is 9.78 Å². The van der Waals surface area contributed by atoms with Gasteiger partial charge in [-0.05, 0) is 49.8 Å². The number of nitrogens with zero attached hydrogens (tertiary/aromatic N) is 4. The Hall–Kier alpha value is -2.50. The van der Waals surface area contributed by atoms with E-state index in [2.05, 4.69) is 25.2 Å². The zero-order valence-electron chi connectivity index (χ0n) is 14.3. The van der Waals surface area contributed by atoms with Crippen molar-refractivity contribution in [2.24, 2.45) is 5.92 Å². The van der Waals surface area contributed by atoms with E-state index in [-0.39, 0.29) is 5.91 Å². The number of piperidine rings is 1. The van der Waals surface area contributed by atoms with E-state index in [9.17, 15) is 4.79 Å². The van der Waals surface area contributed by atoms with Crippen molar-refractivity contribution in [2.45, 2.75) is 31.6 Å². The average Bonchev–Trinajstić information content (AvgIpc) is 3.52. The summed E-state index contributed by atoms with van der Waals surface area (Å²) in [5.41, 5.74) is 1.68. The minimum atomic E-state index is -0.0195. The minimum absolute atomic E-state index is 0.0195. The third kappa shape index (κ3) is 3.95. The number of carbonyl (C=O) groups excluding carboxylic acids is 1. The molecule has 0 bridgehead atoms. The van der Waals surface area contributed by atoms with Crippen LogP contribution in [-0.4, -0.2) is 40.5 Å². The first-order chi connectivity index (χ1) is 12.3. The molecule has 0 spiro atoms. The predicted molar refractivity (Wildman–Crippen MR) is 95.5 cm³/mol. The maximum absolute atomic E-state index is 12.1. The third-order valence-corrected chi connectivity index (χ3v) is 4.97. The number of rotatable bonds is 5. The summed E-state index contributed by atoms with van der Waals surface area (Å²) in [5, 5.41) is 2.98. The van der Waals surface area contributed by atoms with Crippen molar-refractivity contribution >= 4 is 11.9 Å². The Bertz CT molecular complexity index is 714. The van der Waals surface area contributed by atoms with Gasteiger partial charge >= 0.3 is 0 Å². The number of anilines is 1. The van der Waals surface area contributed by atoms with Crippen molar-refractivity contribution in [1.82, 2.24) is 20.3 Å². The van der Waals surface area contributed by atoms with Crippen molar-refractivity contribution in [1.29, 1.82) is 0 Å². The Morgan fingerprint density at radius 1 is 1.16 bits per heavy atom. The highest BCUT2D eigenvalue weighted by Crippen LogP contribution is 2.28. The molecule has 2 aliphatic rings. The Balaban J connectivity index is 1.39. The van der Waals surface area contributed by atoms with Crippen molar-refractivity contribution < 1.29 is 4.79 Å². The van der Waals surface area contributed by atoms with E-state index in [0.717, 1.165) is 44.1 Å². The molecule has 2 aromatic rings. The molecular formula is C19H23N5O. The summed E-state index contributed by atoms with van der Waals surface area (Å²) in [6.07, 6.45) is 9.92. The van der Waals surface area contributed by atoms with Crippen LogP contribution in [0, 0.1) is 5.92 Å². The molecule has 4 rings (SSSR count). The van der Waals surface area contributed by atoms with E-state index in [1.165, 1.54) is 12.8 Å². The van der Waals surface area contributed by atoms with Crippen LogP contribution in [0.25, 0.3) is 0 Å². The fourth-order valence-electron chi connectivity index (χ4n) is 3.30. The monoisotopic (exact) mass is 337 g/mol. The lowest BCUT2D eigenvalue weighted by Crippen LogP contribution is -2.35. The minimum Gasteiger partial charge on any atom is -0.352 e. The van der Waals surface area contributed by atoms with Gasteiger partial charge in [-0.25, -0.2) is 9.97 Å². The Morgan fingerprint density at radius 3 is 2.72 bits per heavy atom. The van der Waals surface area contributed by atoms with Gasteiger partial charge in [-0.15, -0.1) is 0 Å². The van der Waals surface area contributed by atoms with Crippen LogP contribution in [0.4, 0.5) is 5.95 Å². The zero-order valence-corrected chi connectivity index (χ0v) is 14.3. The summed E-state index contributed by atoms with van der Waals surface area (Å²) in [5.74, 6) is 1.79. The SMILES string of the molecule is O=C(NCC1CC1)c1ccc(C2CCCN(c3ncccn3)C2)nc1. The van der Waals surface area contributed by atoms with Gasteiger partial charge in [-0.1, -0.05) is 0 Å². The number of hydrogen-bond acceptors (Lipinski definition) is 5. The number of aromatic nitrogens is 3. The normalized spacial score (nSPS) is 20.3. The summed E-state index contributed by atoms with van der Waals surface area (Å²) in [4.78, 5) is 27.6. The molecule has 6 nitrogen and oxygen atoms in total. The molecule has 0 aromatic carbocycles. The number of amides is 1. The molecule has 3 heterocycles. The highest BCUT2D eigenvalue weighted by molar-refractivity contribution is 5.93. The Morgan fingerprint density at radius 2 is 2.00 bits per heavy atom. The Kier molecular flexibility index (Phi) is 4.59. The number of pyridine rings is 1. The molecule has 1 unspecified atom stereocenters. The molecule has 1 aliphatic heterocycles. The average molecular weight is 337 g/mol. The van der Waals surface area contributed by atoms with Crippen LogP contribution in [0.3, 0.4) is 0 Å². The van der Waals surface area contributed by atoms with Gasteiger partial charge in [0.05, 0.1) is 5.56 Å². The van der Waals surface area contributed by atoms with Crippen molar-refractivity contribution in [3.8, 4) is 0 Å². The van der Waals surface area contributed by atoms with E-state index in [1.54, 1.807) is 18.6 Å². The van der Waals surface area contributed by atoms with Gasteiger partial charge in [0.2, 0.25) is 5.95 Å². The highest BCUT2D eigenvalue weighted by Gasteiger charge is 2.24. The molecule has 0 radical (unpaired) electrons. The molecule has 2 aromatic heterocycles. The number of nitrogens with one attached hydrogen (secondary N) is 1. The molecule has 1 N–H and O–H groups in total. The second kappa shape index (κ2) is 7.17. The van der Waals surface area contributed by atoms with Crippen LogP contribution < -0.4 is 10.2 Å². The van der Waals surface area contributed by atoms with Crippen molar-refractivity contribution in [3.05, 3.63) is 48.0 Å². The summed E-state index contributed by atoms with van der Waals surface area (Å²) in [6, 6.07) is 5.72. The van der Waals surface area contributed by atoms with Crippen molar-refractivity contribution in [2.75, 3.05) is 24.5 Å². The molecule has 1 saturated heterocycles. The standard InChI is InChI=1S/C19H23N5O/c25-18(23-11-14-4-5-14)15-6-7-17(22-12-15)16-3-1-10-24(13-16)19-20-8-2-9-21-19/h2,6-9,12,14,16H,1,3-5,10-11,13H2,(H,23,25). The number of hydrogen-bond donors (Lipinski definition) is 1. The second-order valence-corrected chi connectivity index (χ2v) is 6.96. The van der Waals surface area contributed by atoms with E-state index < -0.39 is 0 Å². The van der Waals surface area contributed by atoms with E-state index in [4.69, 9.17) is 0 Å². The molecule has 1 atom stereocenters. The first-order valence-corrected chi connectivity index (χ1v) is 9.06. The summed E-state index contributed by atoms with van der Waals surface area (Å²) in [6.45, 7) is 2.63. The fraction of sp³-hybridized carbons (Fsp3) is 0.474. The van der Waals surface area contributed by atoms with E-state index in [1.807, 2.05) is 18.2 Å². The smallest absolute Gasteiger partial charge is 0.252 e. The zero-order chi connectivity index (χ0) is 17.1. The quantitative estimate of drug-likeness (QED) is 0.907. The second-order valence-electron chi connectivity index (χ2n) is 6.96. The maximum Gasteiger partial charge on any atom is 0.252 e. The lowest BCUT2D eigenvalue weighted by molar-refractivity contribution is 0.0951. The summed E-state index contributed by atoms with van der Waals surface area (Å²) < 4.78 is 0. The largest absolute Gasteiger partial charge is 0.352 e. The van der Waals surface area contributed by atoms with E-state index in [0.29, 0.717) is 17.4 Å². The van der Waals surface area contributed by atoms with Crippen LogP contribution in [0.5, 0.6) is 0 Å². The molecule has 130 valence electrons. The highest BCUT2D eigenvalue weighted by atomic mass is 16.1. The van der Waals surface area contributed by atoms with Crippen LogP contribution in [0.2, 0.25) is 0 Å². The first kappa shape index (κ1) is 16.0. The van der Waals surface area contributed by atoms with Crippen molar-refractivity contribution in [3.63, 3.8) is 0 Å². The Labute approximate surface area is 147 Å². The van der Waals surface area contributed by atoms with Gasteiger partial charge in [0.25, 0.3) is 5.91 Å². The van der Waals surface area contributed by atoms with E-state index >= 15 is 0 Å². The predicted octanol–water partition coefficient (Wildman–Crippen LogP) is 2.40. The maximum atomic E-state index is 12.1. The van der Waals surface area contributed by atoms with Crippen LogP contribution in [-0.2, 0) is 0 Å². The van der Waals surface area contributed by atoms with Gasteiger partial charge in [0, 0.05) is 49.8 Å². The third-order valence-electron chi connectivity index (χ3n) is 4.97. The first-order valence-electron chi connectivity index (χ1n) is 9.06. The van der Waals surface area contributed by atoms with Crippen LogP contribution in [0.15, 0.2) is 36.8 Å². The molecule has 2 fully saturated rings. The summed E-state index contributed by atoms with van der Waals surface area (Å²) >= 11 is 0. The molecule has 1 amide bonds. The molecule has 1 aliphatic carbocycles. The molecule has 1 saturated carbocycles. The molecular weight excluding hydrogens is 314 g/mol. The van der Waals surface area contributed by atoms with Gasteiger partial charge in [0.1, 0.15) is 0 Å². The van der Waals surface area contributed by atoms with Gasteiger partial charge < -0.3 is 10.2 Å². The molecule has 6 heteroatoms. The lowest BCUT2D eigenvalue weighted by Gasteiger charge is -2.32. The molecule has 25 heavy (non-hydrogen) atoms. The summed E-state index contributed by atoms with van der Waals surface area (Å²) in [7, 11) is 0. The van der Waals surface area contributed by atoms with Gasteiger partial charge in [0.15, 0.2) is 0 Å². The lowest BCUT2D eigenvalue weighted by atomic mass is 9.94. The topological polar surface area (TPSA) is 71.0 Å². The van der Waals surface area contributed by atoms with Crippen LogP contribution >= 0.6 is 0 Å².